The summed E-state index contributed by atoms with van der Waals surface area (Å²) in [5.74, 6) is 0.779. The van der Waals surface area contributed by atoms with E-state index in [1.54, 1.807) is 62.4 Å². The Bertz CT molecular complexity index is 1680. The largest absolute Gasteiger partial charge is 0.493 e. The fourth-order valence-corrected chi connectivity index (χ4v) is 5.30. The van der Waals surface area contributed by atoms with Gasteiger partial charge in [-0.15, -0.1) is 0 Å². The van der Waals surface area contributed by atoms with Crippen molar-refractivity contribution < 1.29 is 38.4 Å². The van der Waals surface area contributed by atoms with Crippen LogP contribution in [0.1, 0.15) is 36.6 Å². The van der Waals surface area contributed by atoms with Gasteiger partial charge < -0.3 is 39.4 Å². The van der Waals surface area contributed by atoms with E-state index in [1.165, 1.54) is 20.4 Å². The van der Waals surface area contributed by atoms with Crippen LogP contribution in [-0.4, -0.2) is 57.0 Å². The number of ether oxygens (including phenoxy) is 5. The maximum Gasteiger partial charge on any atom is 0.337 e. The summed E-state index contributed by atoms with van der Waals surface area (Å²) in [6, 6.07) is 12.1. The number of hydrogen-bond donors (Lipinski definition) is 4. The van der Waals surface area contributed by atoms with E-state index in [0.717, 1.165) is 5.56 Å². The number of methoxy groups -OCH3 is 2. The summed E-state index contributed by atoms with van der Waals surface area (Å²) in [6.07, 6.45) is 0.240. The Labute approximate surface area is 286 Å². The molecule has 3 aromatic carbocycles. The summed E-state index contributed by atoms with van der Waals surface area (Å²) in [4.78, 5) is 24.6. The Morgan fingerprint density at radius 2 is 1.81 bits per heavy atom. The molecule has 1 aliphatic heterocycles. The number of urea groups is 1. The summed E-state index contributed by atoms with van der Waals surface area (Å²) in [5, 5.41) is 21.1. The van der Waals surface area contributed by atoms with Crippen LogP contribution in [-0.2, 0) is 16.1 Å². The van der Waals surface area contributed by atoms with Gasteiger partial charge in [-0.1, -0.05) is 46.9 Å². The molecule has 0 fully saturated rings. The molecule has 0 aromatic heterocycles. The first kappa shape index (κ1) is 35.5. The molecule has 12 nitrogen and oxygen atoms in total. The quantitative estimate of drug-likeness (QED) is 0.0711. The van der Waals surface area contributed by atoms with Crippen molar-refractivity contribution in [3.05, 3.63) is 91.6 Å². The molecular weight excluding hydrogens is 675 g/mol. The molecule has 47 heavy (non-hydrogen) atoms. The summed E-state index contributed by atoms with van der Waals surface area (Å²) < 4.78 is 27.8. The first-order valence-corrected chi connectivity index (χ1v) is 15.3. The summed E-state index contributed by atoms with van der Waals surface area (Å²) in [7, 11) is 2.75. The zero-order valence-corrected chi connectivity index (χ0v) is 28.1. The lowest BCUT2D eigenvalue weighted by Crippen LogP contribution is -2.45. The highest BCUT2D eigenvalue weighted by molar-refractivity contribution is 6.35. The fraction of sp³-hybridized carbons (Fsp3) is 0.281. The number of amides is 2. The Balaban J connectivity index is 1.39. The number of allylic oxidation sites excluding steroid dienone is 1. The molecule has 0 saturated carbocycles. The van der Waals surface area contributed by atoms with E-state index in [1.807, 2.05) is 0 Å². The number of rotatable bonds is 14. The van der Waals surface area contributed by atoms with Crippen molar-refractivity contribution in [3.63, 3.8) is 0 Å². The van der Waals surface area contributed by atoms with Crippen LogP contribution in [0.5, 0.6) is 23.0 Å². The van der Waals surface area contributed by atoms with Gasteiger partial charge in [0.05, 0.1) is 43.7 Å². The average molecular weight is 708 g/mol. The normalized spacial score (nSPS) is 15.1. The Hall–Kier alpha value is -4.36. The Morgan fingerprint density at radius 1 is 1.02 bits per heavy atom. The van der Waals surface area contributed by atoms with E-state index in [4.69, 9.17) is 58.5 Å². The maximum absolute atomic E-state index is 12.5. The fourth-order valence-electron chi connectivity index (χ4n) is 4.56. The highest BCUT2D eigenvalue weighted by atomic mass is 35.5. The van der Waals surface area contributed by atoms with Gasteiger partial charge in [-0.05, 0) is 61.4 Å². The van der Waals surface area contributed by atoms with Crippen molar-refractivity contribution in [1.82, 2.24) is 16.1 Å². The number of esters is 1. The molecule has 4 rings (SSSR count). The van der Waals surface area contributed by atoms with Crippen LogP contribution in [0.4, 0.5) is 4.79 Å². The molecule has 0 saturated heterocycles. The molecule has 3 aromatic rings. The standard InChI is InChI=1S/C32H33Cl3N4O8/c1-5-45-25-12-19(29-28(31(41)44-4)17(2)37-32(42)38-29)7-9-24(25)46-16-27(40)39-36-14-18-10-23(35)30(26(11-18)43-3)47-15-20-6-8-21(33)13-22(20)34/h6-14,27,29,39-40H,5,15-16H2,1-4H3,(H2,37,38,42)/b36-14-/t27-,29+/m1/s1. The van der Waals surface area contributed by atoms with Crippen molar-refractivity contribution in [2.24, 2.45) is 5.10 Å². The van der Waals surface area contributed by atoms with Crippen LogP contribution in [0, 0.1) is 0 Å². The lowest BCUT2D eigenvalue weighted by atomic mass is 9.95. The summed E-state index contributed by atoms with van der Waals surface area (Å²) in [5.41, 5.74) is 5.08. The van der Waals surface area contributed by atoms with Crippen LogP contribution >= 0.6 is 34.8 Å². The smallest absolute Gasteiger partial charge is 0.337 e. The number of carbonyl (C=O) groups is 2. The molecule has 0 spiro atoms. The van der Waals surface area contributed by atoms with Crippen molar-refractivity contribution >= 4 is 53.0 Å². The van der Waals surface area contributed by atoms with Gasteiger partial charge in [-0.25, -0.2) is 9.59 Å². The monoisotopic (exact) mass is 706 g/mol. The average Bonchev–Trinajstić information content (AvgIpc) is 3.03. The minimum Gasteiger partial charge on any atom is -0.493 e. The van der Waals surface area contributed by atoms with Crippen LogP contribution in [0.25, 0.3) is 0 Å². The predicted molar refractivity (Wildman–Crippen MR) is 178 cm³/mol. The first-order chi connectivity index (χ1) is 22.5. The van der Waals surface area contributed by atoms with Crippen LogP contribution in [0.3, 0.4) is 0 Å². The van der Waals surface area contributed by atoms with Gasteiger partial charge >= 0.3 is 12.0 Å². The van der Waals surface area contributed by atoms with Crippen LogP contribution < -0.4 is 35.0 Å². The molecule has 15 heteroatoms. The third kappa shape index (κ3) is 9.13. The van der Waals surface area contributed by atoms with Gasteiger partial charge in [0.2, 0.25) is 0 Å². The second-order valence-corrected chi connectivity index (χ2v) is 11.2. The van der Waals surface area contributed by atoms with Crippen LogP contribution in [0.2, 0.25) is 15.1 Å². The first-order valence-electron chi connectivity index (χ1n) is 14.2. The highest BCUT2D eigenvalue weighted by Crippen LogP contribution is 2.38. The van der Waals surface area contributed by atoms with Crippen molar-refractivity contribution in [1.29, 1.82) is 0 Å². The third-order valence-electron chi connectivity index (χ3n) is 6.75. The second-order valence-electron chi connectivity index (χ2n) is 9.97. The SMILES string of the molecule is CCOc1cc([C@@H]2NC(=O)NC(C)=C2C(=O)OC)ccc1OC[C@@H](O)N/N=C\c1cc(Cl)c(OCc2ccc(Cl)cc2Cl)c(OC)c1. The molecule has 4 N–H and O–H groups in total. The molecule has 0 aliphatic carbocycles. The van der Waals surface area contributed by atoms with Gasteiger partial charge in [-0.2, -0.15) is 5.10 Å². The molecule has 1 heterocycles. The minimum absolute atomic E-state index is 0.140. The molecule has 2 amide bonds. The number of benzene rings is 3. The molecule has 2 atom stereocenters. The Morgan fingerprint density at radius 3 is 2.51 bits per heavy atom. The highest BCUT2D eigenvalue weighted by Gasteiger charge is 2.32. The van der Waals surface area contributed by atoms with Crippen molar-refractivity contribution in [2.45, 2.75) is 32.7 Å². The summed E-state index contributed by atoms with van der Waals surface area (Å²) in [6.45, 7) is 3.67. The van der Waals surface area contributed by atoms with E-state index in [0.29, 0.717) is 56.5 Å². The zero-order valence-electron chi connectivity index (χ0n) is 25.9. The molecule has 0 radical (unpaired) electrons. The second kappa shape index (κ2) is 16.5. The number of hydrazone groups is 1. The number of aliphatic hydroxyl groups excluding tert-OH is 1. The minimum atomic E-state index is -1.20. The molecule has 250 valence electrons. The van der Waals surface area contributed by atoms with E-state index < -0.39 is 24.3 Å². The third-order valence-corrected chi connectivity index (χ3v) is 7.62. The van der Waals surface area contributed by atoms with E-state index in [-0.39, 0.29) is 23.8 Å². The topological polar surface area (TPSA) is 149 Å². The Kier molecular flexibility index (Phi) is 12.4. The van der Waals surface area contributed by atoms with Gasteiger partial charge in [0, 0.05) is 21.3 Å². The van der Waals surface area contributed by atoms with Crippen molar-refractivity contribution in [3.8, 4) is 23.0 Å². The zero-order chi connectivity index (χ0) is 34.1. The van der Waals surface area contributed by atoms with E-state index in [2.05, 4.69) is 21.2 Å². The molecular formula is C32H33Cl3N4O8. The van der Waals surface area contributed by atoms with Gasteiger partial charge in [0.1, 0.15) is 13.2 Å². The molecule has 1 aliphatic rings. The van der Waals surface area contributed by atoms with Gasteiger partial charge in [0.15, 0.2) is 29.2 Å². The predicted octanol–water partition coefficient (Wildman–Crippen LogP) is 5.75. The lowest BCUT2D eigenvalue weighted by molar-refractivity contribution is -0.136. The van der Waals surface area contributed by atoms with Crippen LogP contribution in [0.15, 0.2) is 64.9 Å². The van der Waals surface area contributed by atoms with Crippen molar-refractivity contribution in [2.75, 3.05) is 27.4 Å². The lowest BCUT2D eigenvalue weighted by Gasteiger charge is -2.28. The number of hydrogen-bond acceptors (Lipinski definition) is 10. The number of carbonyl (C=O) groups excluding carboxylic acids is 2. The number of nitrogens with zero attached hydrogens (tertiary/aromatic N) is 1. The van der Waals surface area contributed by atoms with E-state index >= 15 is 0 Å². The van der Waals surface area contributed by atoms with Gasteiger partial charge in [0.25, 0.3) is 0 Å². The number of aliphatic hydroxyl groups is 1. The molecule has 0 bridgehead atoms. The number of halogens is 3. The summed E-state index contributed by atoms with van der Waals surface area (Å²) >= 11 is 18.7. The van der Waals surface area contributed by atoms with Gasteiger partial charge in [-0.3, -0.25) is 5.43 Å². The van der Waals surface area contributed by atoms with E-state index in [9.17, 15) is 14.7 Å². The maximum atomic E-state index is 12.5. The molecule has 0 unspecified atom stereocenters. The number of nitrogens with one attached hydrogen (secondary N) is 3.